The van der Waals surface area contributed by atoms with Crippen LogP contribution in [0.3, 0.4) is 0 Å². The SMILES string of the molecule is COCCN(CCCc1ccccc1)C(=O)c1csc(COC)n1. The normalized spacial score (nSPS) is 10.8. The van der Waals surface area contributed by atoms with Crippen LogP contribution in [0.1, 0.15) is 27.5 Å². The van der Waals surface area contributed by atoms with E-state index < -0.39 is 0 Å². The highest BCUT2D eigenvalue weighted by Crippen LogP contribution is 2.13. The Morgan fingerprint density at radius 2 is 1.96 bits per heavy atom. The lowest BCUT2D eigenvalue weighted by molar-refractivity contribution is 0.0688. The molecule has 1 heterocycles. The van der Waals surface area contributed by atoms with Crippen molar-refractivity contribution in [2.45, 2.75) is 19.4 Å². The second-order valence-corrected chi connectivity index (χ2v) is 6.38. The van der Waals surface area contributed by atoms with E-state index in [0.717, 1.165) is 17.8 Å². The van der Waals surface area contributed by atoms with E-state index in [2.05, 4.69) is 17.1 Å². The highest BCUT2D eigenvalue weighted by atomic mass is 32.1. The summed E-state index contributed by atoms with van der Waals surface area (Å²) in [6, 6.07) is 10.3. The van der Waals surface area contributed by atoms with Crippen LogP contribution in [0.4, 0.5) is 0 Å². The summed E-state index contributed by atoms with van der Waals surface area (Å²) in [6.07, 6.45) is 1.86. The number of thiazole rings is 1. The first-order valence-electron chi connectivity index (χ1n) is 8.00. The molecule has 0 atom stereocenters. The van der Waals surface area contributed by atoms with Crippen LogP contribution in [0.2, 0.25) is 0 Å². The maximum atomic E-state index is 12.7. The summed E-state index contributed by atoms with van der Waals surface area (Å²) in [7, 11) is 3.27. The second-order valence-electron chi connectivity index (χ2n) is 5.43. The highest BCUT2D eigenvalue weighted by molar-refractivity contribution is 7.09. The molecule has 0 saturated carbocycles. The minimum Gasteiger partial charge on any atom is -0.383 e. The number of carbonyl (C=O) groups excluding carboxylic acids is 1. The Morgan fingerprint density at radius 3 is 2.67 bits per heavy atom. The van der Waals surface area contributed by atoms with Gasteiger partial charge in [0.15, 0.2) is 0 Å². The van der Waals surface area contributed by atoms with Gasteiger partial charge in [0.2, 0.25) is 0 Å². The van der Waals surface area contributed by atoms with Gasteiger partial charge in [-0.1, -0.05) is 30.3 Å². The highest BCUT2D eigenvalue weighted by Gasteiger charge is 2.18. The zero-order chi connectivity index (χ0) is 17.2. The first kappa shape index (κ1) is 18.6. The summed E-state index contributed by atoms with van der Waals surface area (Å²) in [4.78, 5) is 18.9. The number of amides is 1. The molecule has 1 aromatic carbocycles. The van der Waals surface area contributed by atoms with E-state index in [1.165, 1.54) is 16.9 Å². The smallest absolute Gasteiger partial charge is 0.273 e. The Kier molecular flexibility index (Phi) is 7.88. The number of hydrogen-bond acceptors (Lipinski definition) is 5. The van der Waals surface area contributed by atoms with Crippen molar-refractivity contribution in [1.82, 2.24) is 9.88 Å². The van der Waals surface area contributed by atoms with Crippen LogP contribution in [0.25, 0.3) is 0 Å². The average Bonchev–Trinajstić information content (AvgIpc) is 3.07. The minimum absolute atomic E-state index is 0.0429. The number of nitrogens with zero attached hydrogens (tertiary/aromatic N) is 2. The summed E-state index contributed by atoms with van der Waals surface area (Å²) in [5.74, 6) is -0.0429. The molecule has 0 aliphatic heterocycles. The summed E-state index contributed by atoms with van der Waals surface area (Å²) in [5, 5.41) is 2.62. The van der Waals surface area contributed by atoms with Gasteiger partial charge in [0, 0.05) is 32.7 Å². The van der Waals surface area contributed by atoms with Crippen LogP contribution in [0.5, 0.6) is 0 Å². The molecular weight excluding hydrogens is 324 g/mol. The van der Waals surface area contributed by atoms with E-state index in [9.17, 15) is 4.79 Å². The van der Waals surface area contributed by atoms with E-state index in [1.807, 2.05) is 23.1 Å². The molecule has 0 N–H and O–H groups in total. The predicted octanol–water partition coefficient (Wildman–Crippen LogP) is 3.01. The molecule has 1 aromatic heterocycles. The molecule has 0 bridgehead atoms. The zero-order valence-electron chi connectivity index (χ0n) is 14.2. The first-order valence-corrected chi connectivity index (χ1v) is 8.88. The van der Waals surface area contributed by atoms with Crippen molar-refractivity contribution in [2.24, 2.45) is 0 Å². The van der Waals surface area contributed by atoms with Gasteiger partial charge in [-0.3, -0.25) is 4.79 Å². The Hall–Kier alpha value is -1.76. The van der Waals surface area contributed by atoms with Crippen LogP contribution in [0.15, 0.2) is 35.7 Å². The Labute approximate surface area is 147 Å². The van der Waals surface area contributed by atoms with Crippen molar-refractivity contribution in [3.8, 4) is 0 Å². The van der Waals surface area contributed by atoms with Crippen LogP contribution in [-0.2, 0) is 22.5 Å². The molecule has 5 nitrogen and oxygen atoms in total. The molecule has 6 heteroatoms. The largest absolute Gasteiger partial charge is 0.383 e. The standard InChI is InChI=1S/C18H24N2O3S/c1-22-12-11-20(10-6-9-15-7-4-3-5-8-15)18(21)16-14-24-17(19-16)13-23-2/h3-5,7-8,14H,6,9-13H2,1-2H3. The third-order valence-corrected chi connectivity index (χ3v) is 4.45. The molecule has 2 rings (SSSR count). The summed E-state index contributed by atoms with van der Waals surface area (Å²) in [5.41, 5.74) is 1.77. The van der Waals surface area contributed by atoms with Crippen molar-refractivity contribution in [1.29, 1.82) is 0 Å². The lowest BCUT2D eigenvalue weighted by Crippen LogP contribution is -2.35. The minimum atomic E-state index is -0.0429. The lowest BCUT2D eigenvalue weighted by Gasteiger charge is -2.21. The topological polar surface area (TPSA) is 51.7 Å². The number of aromatic nitrogens is 1. The van der Waals surface area contributed by atoms with Crippen molar-refractivity contribution in [2.75, 3.05) is 33.9 Å². The molecule has 0 spiro atoms. The van der Waals surface area contributed by atoms with Crippen molar-refractivity contribution in [3.05, 3.63) is 52.0 Å². The number of benzene rings is 1. The first-order chi connectivity index (χ1) is 11.7. The number of ether oxygens (including phenoxy) is 2. The molecule has 0 unspecified atom stereocenters. The maximum absolute atomic E-state index is 12.7. The van der Waals surface area contributed by atoms with Gasteiger partial charge in [-0.2, -0.15) is 0 Å². The Morgan fingerprint density at radius 1 is 1.17 bits per heavy atom. The third-order valence-electron chi connectivity index (χ3n) is 3.63. The third kappa shape index (κ3) is 5.70. The van der Waals surface area contributed by atoms with Gasteiger partial charge in [-0.05, 0) is 18.4 Å². The van der Waals surface area contributed by atoms with Gasteiger partial charge in [0.05, 0.1) is 13.2 Å². The van der Waals surface area contributed by atoms with Crippen molar-refractivity contribution >= 4 is 17.2 Å². The molecule has 0 radical (unpaired) electrons. The van der Waals surface area contributed by atoms with E-state index in [-0.39, 0.29) is 5.91 Å². The molecule has 24 heavy (non-hydrogen) atoms. The van der Waals surface area contributed by atoms with Gasteiger partial charge in [0.25, 0.3) is 5.91 Å². The molecular formula is C18H24N2O3S. The van der Waals surface area contributed by atoms with Crippen molar-refractivity contribution < 1.29 is 14.3 Å². The number of hydrogen-bond donors (Lipinski definition) is 0. The molecule has 0 saturated heterocycles. The summed E-state index contributed by atoms with van der Waals surface area (Å²) < 4.78 is 10.2. The lowest BCUT2D eigenvalue weighted by atomic mass is 10.1. The number of aryl methyl sites for hydroxylation is 1. The van der Waals surface area contributed by atoms with Crippen LogP contribution in [0, 0.1) is 0 Å². The number of rotatable bonds is 10. The van der Waals surface area contributed by atoms with E-state index in [0.29, 0.717) is 32.0 Å². The average molecular weight is 348 g/mol. The van der Waals surface area contributed by atoms with Gasteiger partial charge in [0.1, 0.15) is 10.7 Å². The van der Waals surface area contributed by atoms with Crippen LogP contribution in [-0.4, -0.2) is 49.7 Å². The molecule has 1 amide bonds. The Bertz CT molecular complexity index is 616. The second kappa shape index (κ2) is 10.2. The van der Waals surface area contributed by atoms with Gasteiger partial charge < -0.3 is 14.4 Å². The van der Waals surface area contributed by atoms with Crippen LogP contribution >= 0.6 is 11.3 Å². The molecule has 0 fully saturated rings. The van der Waals surface area contributed by atoms with Gasteiger partial charge in [-0.25, -0.2) is 4.98 Å². The van der Waals surface area contributed by atoms with Crippen molar-refractivity contribution in [3.63, 3.8) is 0 Å². The fourth-order valence-corrected chi connectivity index (χ4v) is 3.13. The predicted molar refractivity (Wildman–Crippen MR) is 95.4 cm³/mol. The zero-order valence-corrected chi connectivity index (χ0v) is 15.1. The van der Waals surface area contributed by atoms with E-state index in [4.69, 9.17) is 9.47 Å². The molecule has 0 aliphatic carbocycles. The summed E-state index contributed by atoms with van der Waals surface area (Å²) >= 11 is 1.45. The molecule has 0 aliphatic rings. The monoisotopic (exact) mass is 348 g/mol. The van der Waals surface area contributed by atoms with Crippen LogP contribution < -0.4 is 0 Å². The summed E-state index contributed by atoms with van der Waals surface area (Å²) in [6.45, 7) is 2.21. The quantitative estimate of drug-likeness (QED) is 0.662. The fourth-order valence-electron chi connectivity index (χ4n) is 2.40. The maximum Gasteiger partial charge on any atom is 0.273 e. The van der Waals surface area contributed by atoms with E-state index in [1.54, 1.807) is 19.6 Å². The fraction of sp³-hybridized carbons (Fsp3) is 0.444. The van der Waals surface area contributed by atoms with Gasteiger partial charge in [-0.15, -0.1) is 11.3 Å². The Balaban J connectivity index is 1.94. The number of carbonyl (C=O) groups is 1. The molecule has 130 valence electrons. The molecule has 2 aromatic rings. The number of methoxy groups -OCH3 is 2. The van der Waals surface area contributed by atoms with Gasteiger partial charge >= 0.3 is 0 Å². The van der Waals surface area contributed by atoms with E-state index >= 15 is 0 Å².